The van der Waals surface area contributed by atoms with Gasteiger partial charge in [-0.25, -0.2) is 14.8 Å². The molecule has 2 aromatic carbocycles. The van der Waals surface area contributed by atoms with Crippen molar-refractivity contribution in [3.05, 3.63) is 148 Å². The van der Waals surface area contributed by atoms with Gasteiger partial charge in [0.05, 0.1) is 25.9 Å². The van der Waals surface area contributed by atoms with Crippen LogP contribution in [-0.2, 0) is 33.9 Å². The van der Waals surface area contributed by atoms with Gasteiger partial charge in [-0.2, -0.15) is 5.48 Å². The minimum absolute atomic E-state index is 0.0246. The van der Waals surface area contributed by atoms with Crippen molar-refractivity contribution in [2.24, 2.45) is 15.8 Å². The number of esters is 1. The summed E-state index contributed by atoms with van der Waals surface area (Å²) in [6.45, 7) is 20.2. The van der Waals surface area contributed by atoms with Crippen LogP contribution >= 0.6 is 45.3 Å². The van der Waals surface area contributed by atoms with Crippen LogP contribution in [0.4, 0.5) is 0 Å². The van der Waals surface area contributed by atoms with Crippen LogP contribution in [-0.4, -0.2) is 159 Å². The number of aromatic nitrogens is 4. The number of rotatable bonds is 32. The number of nitrogens with zero attached hydrogens (tertiary/aromatic N) is 8. The summed E-state index contributed by atoms with van der Waals surface area (Å²) in [6, 6.07) is 12.4. The number of aliphatic hydroxyl groups is 2. The molecule has 0 unspecified atom stereocenters. The zero-order valence-electron chi connectivity index (χ0n) is 51.7. The number of hydrogen-bond acceptors (Lipinski definition) is 22. The Kier molecular flexibility index (Phi) is 25.3. The van der Waals surface area contributed by atoms with Gasteiger partial charge in [0, 0.05) is 21.1 Å². The summed E-state index contributed by atoms with van der Waals surface area (Å²) in [6.07, 6.45) is -0.246. The van der Waals surface area contributed by atoms with E-state index < -0.39 is 103 Å². The van der Waals surface area contributed by atoms with Gasteiger partial charge >= 0.3 is 277 Å². The molecule has 91 heavy (non-hydrogen) atoms. The first-order valence-electron chi connectivity index (χ1n) is 28.6. The monoisotopic (exact) mass is 1470 g/mol. The molecule has 7 rings (SSSR count). The fourth-order valence-corrected chi connectivity index (χ4v) is 18.1. The Morgan fingerprint density at radius 1 is 0.813 bits per heavy atom. The molecule has 0 fully saturated rings. The average Bonchev–Trinajstić information content (AvgIpc) is 1.66. The number of thiazole rings is 4. The zero-order valence-corrected chi connectivity index (χ0v) is 59.4. The van der Waals surface area contributed by atoms with Gasteiger partial charge in [0.15, 0.2) is 14.0 Å². The van der Waals surface area contributed by atoms with Gasteiger partial charge in [0.2, 0.25) is 5.91 Å². The Labute approximate surface area is 556 Å². The Hall–Kier alpha value is -6.44. The molecule has 0 radical (unpaired) electrons. The molecule has 0 aliphatic carbocycles. The van der Waals surface area contributed by atoms with Crippen LogP contribution in [0.25, 0.3) is 10.4 Å². The first kappa shape index (κ1) is 72.0. The first-order valence-corrected chi connectivity index (χ1v) is 39.2. The molecular weight excluding hydrogens is 1400 g/mol. The normalized spacial score (nSPS) is 17.5. The number of carbonyl (C=O) groups excluding carboxylic acids is 6. The van der Waals surface area contributed by atoms with Crippen molar-refractivity contribution in [1.29, 1.82) is 0 Å². The predicted molar refractivity (Wildman–Crippen MR) is 355 cm³/mol. The Balaban J connectivity index is 1.21. The zero-order chi connectivity index (χ0) is 66.4. The molecular formula is C59H74N14O11S4Se2Si. The van der Waals surface area contributed by atoms with Gasteiger partial charge < -0.3 is 24.7 Å². The van der Waals surface area contributed by atoms with Crippen LogP contribution in [0.3, 0.4) is 0 Å². The average molecular weight is 1470 g/mol. The standard InChI is InChI=1S/C59H74N14O11S4Se2Si/c1-12-25-83-72-32(2)48(76)69-45(38-26-86-53(64-38)44(33(3)74)68-50(78)40-28-87-54(66-40)46(71-73-61)58(8,81)34(4)84-91(10,11)57(5,6)7)59(56-67-41(29-88-56)55(80)82-9)24-23-37(70-59)52-65-39(27-85-52)49(77)63-43(31-90-36-21-17-14-18-22-36)51(79)62-42(47(60)75)30-89-35-19-15-13-16-20-35/h12-22,26-29,32-34,42-46,72,74,81H,1,23-25,30-31H2,2-11H3,(H2,60,75)(H,62,79)(H,63,77)(H,68,78)(H,69,76)/t32-,33+,34+,42+,43+,44-,45+,46+,58+,59+/m0/s1. The number of aliphatic imine (C=N–C) groups is 1. The van der Waals surface area contributed by atoms with E-state index in [4.69, 9.17) is 39.7 Å². The molecule has 0 saturated heterocycles. The van der Waals surface area contributed by atoms with Crippen molar-refractivity contribution < 1.29 is 53.0 Å². The van der Waals surface area contributed by atoms with Crippen LogP contribution < -0.4 is 41.4 Å². The number of nitrogens with one attached hydrogen (secondary N) is 5. The van der Waals surface area contributed by atoms with E-state index in [1.807, 2.05) is 73.8 Å². The van der Waals surface area contributed by atoms with Gasteiger partial charge in [-0.05, 0) is 51.4 Å². The number of primary amides is 1. The Bertz CT molecular complexity index is 3620. The number of nitrogens with two attached hydrogens (primary N) is 1. The van der Waals surface area contributed by atoms with Crippen molar-refractivity contribution >= 4 is 134 Å². The minimum atomic E-state index is -2.42. The second-order valence-electron chi connectivity index (χ2n) is 22.9. The van der Waals surface area contributed by atoms with E-state index in [1.54, 1.807) is 19.2 Å². The molecule has 1 aliphatic heterocycles. The SMILES string of the molecule is C=CCON[C@@H](C)C(=O)N[C@H](c1csc([C@@H](NC(=O)c2csc([C@@H](N=[N+]=[N-])[C@](C)(O)[C@@H](C)O[Si](C)(C)C(C)(C)C)n2)[C@@H](C)O)n1)[C@@]1(c2nc(C(=O)OC)cs2)CCC(c2nc(C(=O)N[C@H](C[Se]c3ccccc3)C(=O)N[C@H](C[Se]c3ccccc3)C(N)=O)cs2)=N1. The second kappa shape index (κ2) is 31.9. The summed E-state index contributed by atoms with van der Waals surface area (Å²) < 4.78 is 13.6. The third-order valence-electron chi connectivity index (χ3n) is 15.2. The molecule has 0 bridgehead atoms. The fourth-order valence-electron chi connectivity index (χ4n) is 8.88. The Morgan fingerprint density at radius 2 is 1.42 bits per heavy atom. The third kappa shape index (κ3) is 18.2. The van der Waals surface area contributed by atoms with Crippen molar-refractivity contribution in [3.63, 3.8) is 0 Å². The molecule has 32 heteroatoms. The van der Waals surface area contributed by atoms with E-state index in [-0.39, 0.29) is 97.5 Å². The van der Waals surface area contributed by atoms with Crippen LogP contribution in [0.15, 0.2) is 105 Å². The van der Waals surface area contributed by atoms with Crippen LogP contribution in [0.1, 0.15) is 137 Å². The summed E-state index contributed by atoms with van der Waals surface area (Å²) in [4.78, 5) is 116. The van der Waals surface area contributed by atoms with Gasteiger partial charge in [-0.15, -0.1) is 29.3 Å². The van der Waals surface area contributed by atoms with E-state index in [0.717, 1.165) is 54.3 Å². The van der Waals surface area contributed by atoms with Gasteiger partial charge in [-0.1, -0.05) is 32.0 Å². The van der Waals surface area contributed by atoms with Gasteiger partial charge in [-0.3, -0.25) is 14.4 Å². The van der Waals surface area contributed by atoms with Crippen molar-refractivity contribution in [2.45, 2.75) is 150 Å². The molecule has 0 saturated carbocycles. The maximum absolute atomic E-state index is 14.4. The molecule has 1 aliphatic rings. The number of benzene rings is 2. The molecule has 4 aromatic heterocycles. The van der Waals surface area contributed by atoms with Gasteiger partial charge in [0.1, 0.15) is 39.4 Å². The summed E-state index contributed by atoms with van der Waals surface area (Å²) in [5.74, 6) is -3.99. The van der Waals surface area contributed by atoms with Gasteiger partial charge in [0.25, 0.3) is 5.91 Å². The molecule has 10 atom stereocenters. The van der Waals surface area contributed by atoms with Crippen LogP contribution in [0, 0.1) is 0 Å². The number of hydrogen-bond donors (Lipinski definition) is 8. The summed E-state index contributed by atoms with van der Waals surface area (Å²) in [5.41, 5.74) is 15.4. The first-order chi connectivity index (χ1) is 43.1. The molecule has 9 N–H and O–H groups in total. The van der Waals surface area contributed by atoms with Crippen molar-refractivity contribution in [1.82, 2.24) is 46.7 Å². The number of azide groups is 1. The van der Waals surface area contributed by atoms with E-state index in [9.17, 15) is 44.5 Å². The quantitative estimate of drug-likeness (QED) is 0.00348. The third-order valence-corrected chi connectivity index (χ3v) is 28.2. The number of hydroxylamine groups is 1. The maximum atomic E-state index is 14.4. The number of aliphatic hydroxyl groups excluding tert-OH is 1. The molecule has 5 heterocycles. The number of amides is 5. The van der Waals surface area contributed by atoms with E-state index in [0.29, 0.717) is 16.0 Å². The summed E-state index contributed by atoms with van der Waals surface area (Å²) in [5, 5.41) is 46.3. The summed E-state index contributed by atoms with van der Waals surface area (Å²) in [7, 11) is -1.21. The predicted octanol–water partition coefficient (Wildman–Crippen LogP) is 6.06. The van der Waals surface area contributed by atoms with Crippen LogP contribution in [0.5, 0.6) is 0 Å². The van der Waals surface area contributed by atoms with E-state index >= 15 is 0 Å². The summed E-state index contributed by atoms with van der Waals surface area (Å²) >= 11 is 3.79. The number of carbonyl (C=O) groups is 6. The number of ether oxygens (including phenoxy) is 1. The van der Waals surface area contributed by atoms with E-state index in [2.05, 4.69) is 69.1 Å². The molecule has 25 nitrogen and oxygen atoms in total. The van der Waals surface area contributed by atoms with Crippen molar-refractivity contribution in [2.75, 3.05) is 13.7 Å². The number of methoxy groups -OCH3 is 1. The topological polar surface area (TPSA) is 369 Å². The second-order valence-corrected chi connectivity index (χ2v) is 35.7. The molecule has 5 amide bonds. The van der Waals surface area contributed by atoms with E-state index in [1.165, 1.54) is 43.2 Å². The molecule has 0 spiro atoms. The van der Waals surface area contributed by atoms with Crippen LogP contribution in [0.2, 0.25) is 28.8 Å². The Morgan fingerprint density at radius 3 is 2.02 bits per heavy atom. The fraction of sp³-hybridized carbons (Fsp3) is 0.441. The molecule has 486 valence electrons. The molecule has 6 aromatic rings. The van der Waals surface area contributed by atoms with Crippen molar-refractivity contribution in [3.8, 4) is 0 Å².